The molecule has 324 valence electrons. The lowest BCUT2D eigenvalue weighted by Crippen LogP contribution is -2.54. The Hall–Kier alpha value is -5.66. The minimum Gasteiger partial charge on any atom is -0.480 e. The maximum absolute atomic E-state index is 13.1. The third kappa shape index (κ3) is 25.2. The zero-order valence-electron chi connectivity index (χ0n) is 32.2. The molecule has 0 unspecified atom stereocenters. The van der Waals surface area contributed by atoms with Gasteiger partial charge in [0.25, 0.3) is 0 Å². The van der Waals surface area contributed by atoms with Gasteiger partial charge in [-0.15, -0.1) is 0 Å². The quantitative estimate of drug-likeness (QED) is 0.0182. The van der Waals surface area contributed by atoms with Gasteiger partial charge in [0.15, 0.2) is 5.96 Å². The van der Waals surface area contributed by atoms with Crippen LogP contribution in [0.25, 0.3) is 0 Å². The molecule has 4 atom stereocenters. The van der Waals surface area contributed by atoms with E-state index in [-0.39, 0.29) is 31.8 Å². The third-order valence-electron chi connectivity index (χ3n) is 7.73. The maximum Gasteiger partial charge on any atom is 0.322 e. The maximum atomic E-state index is 13.1. The number of nitrogens with zero attached hydrogens (tertiary/aromatic N) is 1. The fourth-order valence-corrected chi connectivity index (χ4v) is 4.62. The first-order valence-electron chi connectivity index (χ1n) is 18.3. The molecule has 0 saturated carbocycles. The van der Waals surface area contributed by atoms with E-state index in [2.05, 4.69) is 52.8 Å². The van der Waals surface area contributed by atoms with Gasteiger partial charge in [-0.3, -0.25) is 48.1 Å². The molecule has 8 amide bonds. The summed E-state index contributed by atoms with van der Waals surface area (Å²) in [7, 11) is 1.47. The SMILES string of the molecule is CN=C(N)NCCC[C@H](NC(=O)CNC(=O)[C@@H](N)CO)C(=O)NCC(=O)N[C@@H](CCCCN)C(=O)NCC(=O)NCC(=O)N[C@@H](CCCCN)C(=O)NCC(=O)O. The molecule has 25 nitrogen and oxygen atoms in total. The van der Waals surface area contributed by atoms with Gasteiger partial charge < -0.3 is 81.0 Å². The van der Waals surface area contributed by atoms with Gasteiger partial charge in [-0.05, 0) is 64.5 Å². The molecule has 0 aliphatic rings. The molecule has 0 heterocycles. The molecule has 0 rings (SSSR count). The van der Waals surface area contributed by atoms with Gasteiger partial charge >= 0.3 is 5.97 Å². The Morgan fingerprint density at radius 2 is 0.930 bits per heavy atom. The van der Waals surface area contributed by atoms with Crippen molar-refractivity contribution in [2.45, 2.75) is 75.5 Å². The molecule has 19 N–H and O–H groups in total. The monoisotopic (exact) mass is 816 g/mol. The number of carbonyl (C=O) groups is 9. The number of aliphatic hydroxyl groups excluding tert-OH is 1. The summed E-state index contributed by atoms with van der Waals surface area (Å²) in [6.45, 7) is -2.71. The standard InChI is InChI=1S/C32H60N14O11/c1-37-32(36)38-12-6-9-22(46-25(50)15-40-28(54)19(35)18-47)30(56)42-16-26(51)45-20(7-2-4-10-33)29(55)41-13-23(48)39-14-24(49)44-21(8-3-5-11-34)31(57)43-17-27(52)53/h19-22,47H,2-18,33-35H2,1H3,(H,39,48)(H,40,54)(H,41,55)(H,42,56)(H,43,57)(H,44,49)(H,45,51)(H,46,50)(H,52,53)(H3,36,37,38)/t19-,20-,21-,22-/m0/s1. The van der Waals surface area contributed by atoms with Crippen molar-refractivity contribution in [1.29, 1.82) is 0 Å². The van der Waals surface area contributed by atoms with Crippen LogP contribution in [0.3, 0.4) is 0 Å². The lowest BCUT2D eigenvalue weighted by molar-refractivity contribution is -0.138. The van der Waals surface area contributed by atoms with Crippen molar-refractivity contribution in [3.05, 3.63) is 0 Å². The van der Waals surface area contributed by atoms with Crippen LogP contribution in [0.2, 0.25) is 0 Å². The molecular formula is C32H60N14O11. The molecule has 57 heavy (non-hydrogen) atoms. The van der Waals surface area contributed by atoms with Crippen molar-refractivity contribution in [3.8, 4) is 0 Å². The largest absolute Gasteiger partial charge is 0.480 e. The number of guanidine groups is 1. The number of aliphatic hydroxyl groups is 1. The number of aliphatic carboxylic acids is 1. The van der Waals surface area contributed by atoms with E-state index in [0.29, 0.717) is 45.2 Å². The number of amides is 8. The van der Waals surface area contributed by atoms with Crippen LogP contribution < -0.4 is 70.8 Å². The number of aliphatic imine (C=N–C) groups is 1. The summed E-state index contributed by atoms with van der Waals surface area (Å²) in [5.41, 5.74) is 22.1. The highest BCUT2D eigenvalue weighted by atomic mass is 16.4. The number of nitrogens with one attached hydrogen (secondary N) is 9. The van der Waals surface area contributed by atoms with E-state index in [1.165, 1.54) is 7.05 Å². The van der Waals surface area contributed by atoms with Gasteiger partial charge in [0, 0.05) is 13.6 Å². The van der Waals surface area contributed by atoms with Crippen molar-refractivity contribution >= 4 is 59.2 Å². The van der Waals surface area contributed by atoms with E-state index < -0.39 is 117 Å². The molecule has 0 spiro atoms. The van der Waals surface area contributed by atoms with E-state index in [4.69, 9.17) is 33.1 Å². The lowest BCUT2D eigenvalue weighted by Gasteiger charge is -2.21. The molecule has 0 radical (unpaired) electrons. The molecule has 0 aliphatic heterocycles. The summed E-state index contributed by atoms with van der Waals surface area (Å²) in [6.07, 6.45) is 2.59. The predicted octanol–water partition coefficient (Wildman–Crippen LogP) is -8.00. The summed E-state index contributed by atoms with van der Waals surface area (Å²) in [5, 5.41) is 39.4. The van der Waals surface area contributed by atoms with Crippen molar-refractivity contribution in [3.63, 3.8) is 0 Å². The molecule has 0 fully saturated rings. The second-order valence-electron chi connectivity index (χ2n) is 12.4. The van der Waals surface area contributed by atoms with E-state index in [0.717, 1.165) is 0 Å². The number of carbonyl (C=O) groups excluding carboxylic acids is 8. The van der Waals surface area contributed by atoms with Crippen molar-refractivity contribution in [2.75, 3.05) is 66.0 Å². The minimum absolute atomic E-state index is 0.0681. The van der Waals surface area contributed by atoms with Crippen LogP contribution >= 0.6 is 0 Å². The van der Waals surface area contributed by atoms with Crippen LogP contribution in [0.4, 0.5) is 0 Å². The van der Waals surface area contributed by atoms with E-state index in [9.17, 15) is 43.2 Å². The molecule has 0 aromatic carbocycles. The fraction of sp³-hybridized carbons (Fsp3) is 0.688. The normalized spacial score (nSPS) is 13.0. The number of carboxylic acids is 1. The predicted molar refractivity (Wildman–Crippen MR) is 204 cm³/mol. The zero-order chi connectivity index (χ0) is 43.2. The van der Waals surface area contributed by atoms with E-state index >= 15 is 0 Å². The van der Waals surface area contributed by atoms with E-state index in [1.54, 1.807) is 0 Å². The summed E-state index contributed by atoms with van der Waals surface area (Å²) < 4.78 is 0. The van der Waals surface area contributed by atoms with Gasteiger partial charge in [-0.25, -0.2) is 0 Å². The number of hydrogen-bond donors (Lipinski definition) is 15. The van der Waals surface area contributed by atoms with Crippen LogP contribution in [-0.2, 0) is 43.2 Å². The molecular weight excluding hydrogens is 756 g/mol. The zero-order valence-corrected chi connectivity index (χ0v) is 32.2. The van der Waals surface area contributed by atoms with Crippen LogP contribution in [0.5, 0.6) is 0 Å². The number of nitrogens with two attached hydrogens (primary N) is 4. The minimum atomic E-state index is -1.28. The number of rotatable bonds is 30. The lowest BCUT2D eigenvalue weighted by atomic mass is 10.1. The van der Waals surface area contributed by atoms with E-state index in [1.807, 2.05) is 0 Å². The van der Waals surface area contributed by atoms with Gasteiger partial charge in [0.1, 0.15) is 30.7 Å². The first-order chi connectivity index (χ1) is 27.1. The topological polar surface area (TPSA) is 419 Å². The van der Waals surface area contributed by atoms with Crippen LogP contribution in [-0.4, -0.2) is 160 Å². The van der Waals surface area contributed by atoms with Crippen molar-refractivity contribution in [2.24, 2.45) is 27.9 Å². The Labute approximate surface area is 329 Å². The highest BCUT2D eigenvalue weighted by Crippen LogP contribution is 2.03. The molecule has 0 aliphatic carbocycles. The average molecular weight is 817 g/mol. The Morgan fingerprint density at radius 1 is 0.544 bits per heavy atom. The first-order valence-corrected chi connectivity index (χ1v) is 18.3. The Morgan fingerprint density at radius 3 is 1.33 bits per heavy atom. The highest BCUT2D eigenvalue weighted by molar-refractivity contribution is 5.95. The number of hydrogen-bond acceptors (Lipinski definition) is 14. The Balaban J connectivity index is 5.29. The summed E-state index contributed by atoms with van der Waals surface area (Å²) in [6, 6.07) is -4.66. The first kappa shape index (κ1) is 51.3. The molecule has 0 saturated heterocycles. The summed E-state index contributed by atoms with van der Waals surface area (Å²) in [4.78, 5) is 115. The summed E-state index contributed by atoms with van der Waals surface area (Å²) >= 11 is 0. The molecule has 0 bridgehead atoms. The van der Waals surface area contributed by atoms with Gasteiger partial charge in [-0.2, -0.15) is 0 Å². The average Bonchev–Trinajstić information content (AvgIpc) is 3.19. The molecule has 0 aromatic rings. The molecule has 0 aromatic heterocycles. The van der Waals surface area contributed by atoms with Crippen molar-refractivity contribution in [1.82, 2.24) is 47.9 Å². The molecule has 25 heteroatoms. The second kappa shape index (κ2) is 30.5. The van der Waals surface area contributed by atoms with Crippen molar-refractivity contribution < 1.29 is 53.4 Å². The van der Waals surface area contributed by atoms with Crippen LogP contribution in [0, 0.1) is 0 Å². The Bertz CT molecular complexity index is 1370. The Kier molecular flexibility index (Phi) is 27.5. The van der Waals surface area contributed by atoms with Gasteiger partial charge in [0.2, 0.25) is 47.3 Å². The number of carboxylic acid groups (broad SMARTS) is 1. The summed E-state index contributed by atoms with van der Waals surface area (Å²) in [5.74, 6) is -7.24. The van der Waals surface area contributed by atoms with Crippen LogP contribution in [0.1, 0.15) is 51.4 Å². The third-order valence-corrected chi connectivity index (χ3v) is 7.73. The highest BCUT2D eigenvalue weighted by Gasteiger charge is 2.25. The van der Waals surface area contributed by atoms with Gasteiger partial charge in [-0.1, -0.05) is 0 Å². The number of unbranched alkanes of at least 4 members (excludes halogenated alkanes) is 2. The van der Waals surface area contributed by atoms with Gasteiger partial charge in [0.05, 0.1) is 32.8 Å². The van der Waals surface area contributed by atoms with Crippen LogP contribution in [0.15, 0.2) is 4.99 Å². The smallest absolute Gasteiger partial charge is 0.322 e. The fourth-order valence-electron chi connectivity index (χ4n) is 4.62. The second-order valence-corrected chi connectivity index (χ2v) is 12.4.